The summed E-state index contributed by atoms with van der Waals surface area (Å²) in [4.78, 5) is 36.8. The lowest BCUT2D eigenvalue weighted by Crippen LogP contribution is -2.44. The molecule has 0 bridgehead atoms. The van der Waals surface area contributed by atoms with Crippen LogP contribution in [0.4, 0.5) is 5.69 Å². The normalized spacial score (nSPS) is 13.5. The van der Waals surface area contributed by atoms with E-state index in [4.69, 9.17) is 0 Å². The number of aromatic nitrogens is 1. The highest BCUT2D eigenvalue weighted by Crippen LogP contribution is 2.24. The van der Waals surface area contributed by atoms with Gasteiger partial charge in [-0.1, -0.05) is 20.3 Å². The third-order valence-electron chi connectivity index (χ3n) is 3.89. The van der Waals surface area contributed by atoms with Crippen molar-refractivity contribution in [1.29, 1.82) is 0 Å². The fourth-order valence-electron chi connectivity index (χ4n) is 2.31. The highest BCUT2D eigenvalue weighted by atomic mass is 16.6. The van der Waals surface area contributed by atoms with Gasteiger partial charge in [-0.2, -0.15) is 0 Å². The number of aromatic amines is 1. The summed E-state index contributed by atoms with van der Waals surface area (Å²) in [7, 11) is 0. The van der Waals surface area contributed by atoms with Crippen LogP contribution >= 0.6 is 0 Å². The molecule has 0 aliphatic heterocycles. The highest BCUT2D eigenvalue weighted by Gasteiger charge is 2.27. The molecule has 0 spiro atoms. The number of carbonyl (C=O) groups is 2. The Kier molecular flexibility index (Phi) is 4.63. The predicted molar refractivity (Wildman–Crippen MR) is 83.3 cm³/mol. The number of nitro groups is 1. The van der Waals surface area contributed by atoms with Gasteiger partial charge in [0.25, 0.3) is 11.6 Å². The predicted octanol–water partition coefficient (Wildman–Crippen LogP) is 2.31. The number of carboxylic acid groups (broad SMARTS) is 1. The summed E-state index contributed by atoms with van der Waals surface area (Å²) in [6, 6.07) is 3.11. The molecule has 1 aromatic heterocycles. The summed E-state index contributed by atoms with van der Waals surface area (Å²) in [5.74, 6) is -1.93. The second kappa shape index (κ2) is 6.47. The Morgan fingerprint density at radius 3 is 2.70 bits per heavy atom. The monoisotopic (exact) mass is 319 g/mol. The van der Waals surface area contributed by atoms with Gasteiger partial charge in [-0.15, -0.1) is 0 Å². The van der Waals surface area contributed by atoms with Crippen molar-refractivity contribution in [2.75, 3.05) is 0 Å². The zero-order chi connectivity index (χ0) is 17.1. The maximum absolute atomic E-state index is 12.4. The first-order valence-corrected chi connectivity index (χ1v) is 7.14. The van der Waals surface area contributed by atoms with E-state index in [-0.39, 0.29) is 17.2 Å². The van der Waals surface area contributed by atoms with Crippen LogP contribution in [-0.4, -0.2) is 32.9 Å². The second-order valence-corrected chi connectivity index (χ2v) is 5.36. The van der Waals surface area contributed by atoms with E-state index >= 15 is 0 Å². The largest absolute Gasteiger partial charge is 0.480 e. The third-order valence-corrected chi connectivity index (χ3v) is 3.89. The molecular weight excluding hydrogens is 302 g/mol. The van der Waals surface area contributed by atoms with Crippen LogP contribution in [0.2, 0.25) is 0 Å². The topological polar surface area (TPSA) is 125 Å². The highest BCUT2D eigenvalue weighted by molar-refractivity contribution is 6.08. The van der Waals surface area contributed by atoms with Crippen molar-refractivity contribution in [2.24, 2.45) is 5.92 Å². The molecule has 0 saturated heterocycles. The molecule has 0 aliphatic carbocycles. The van der Waals surface area contributed by atoms with Crippen molar-refractivity contribution >= 4 is 28.5 Å². The Bertz CT molecular complexity index is 768. The van der Waals surface area contributed by atoms with Gasteiger partial charge < -0.3 is 15.4 Å². The lowest BCUT2D eigenvalue weighted by Gasteiger charge is -2.19. The molecular formula is C15H17N3O5. The summed E-state index contributed by atoms with van der Waals surface area (Å²) in [6.07, 6.45) is 2.01. The third kappa shape index (κ3) is 3.31. The van der Waals surface area contributed by atoms with Crippen LogP contribution in [-0.2, 0) is 4.79 Å². The molecule has 1 amide bonds. The van der Waals surface area contributed by atoms with Crippen LogP contribution in [0.25, 0.3) is 10.9 Å². The zero-order valence-corrected chi connectivity index (χ0v) is 12.7. The Labute approximate surface area is 131 Å². The van der Waals surface area contributed by atoms with E-state index in [0.717, 1.165) is 0 Å². The first-order valence-electron chi connectivity index (χ1n) is 7.14. The van der Waals surface area contributed by atoms with Gasteiger partial charge in [0.2, 0.25) is 0 Å². The Morgan fingerprint density at radius 1 is 1.43 bits per heavy atom. The van der Waals surface area contributed by atoms with E-state index in [2.05, 4.69) is 10.3 Å². The minimum Gasteiger partial charge on any atom is -0.480 e. The number of H-pyrrole nitrogens is 1. The van der Waals surface area contributed by atoms with Crippen molar-refractivity contribution in [3.8, 4) is 0 Å². The van der Waals surface area contributed by atoms with Gasteiger partial charge in [0, 0.05) is 29.2 Å². The lowest BCUT2D eigenvalue weighted by molar-refractivity contribution is -0.384. The summed E-state index contributed by atoms with van der Waals surface area (Å²) in [5, 5.41) is 23.0. The number of carboxylic acids is 1. The van der Waals surface area contributed by atoms with Crippen LogP contribution < -0.4 is 5.32 Å². The number of nitrogens with one attached hydrogen (secondary N) is 2. The molecule has 122 valence electrons. The average molecular weight is 319 g/mol. The van der Waals surface area contributed by atoms with Crippen LogP contribution in [0.1, 0.15) is 30.6 Å². The fourth-order valence-corrected chi connectivity index (χ4v) is 2.31. The standard InChI is InChI=1S/C15H17N3O5/c1-3-8(2)13(15(20)21)17-14(19)11-7-16-12-5-4-9(18(22)23)6-10(11)12/h4-8,13,16H,3H2,1-2H3,(H,17,19)(H,20,21)/t8-,13-/m0/s1. The number of nitrogens with zero attached hydrogens (tertiary/aromatic N) is 1. The van der Waals surface area contributed by atoms with Gasteiger partial charge in [-0.25, -0.2) is 4.79 Å². The van der Waals surface area contributed by atoms with E-state index in [9.17, 15) is 24.8 Å². The molecule has 0 unspecified atom stereocenters. The molecule has 3 N–H and O–H groups in total. The summed E-state index contributed by atoms with van der Waals surface area (Å²) in [6.45, 7) is 3.57. The van der Waals surface area contributed by atoms with Gasteiger partial charge in [-0.3, -0.25) is 14.9 Å². The number of carbonyl (C=O) groups excluding carboxylic acids is 1. The lowest BCUT2D eigenvalue weighted by atomic mass is 9.99. The van der Waals surface area contributed by atoms with E-state index in [1.165, 1.54) is 24.4 Å². The quantitative estimate of drug-likeness (QED) is 0.556. The van der Waals surface area contributed by atoms with Crippen LogP contribution in [0.3, 0.4) is 0 Å². The minimum atomic E-state index is -1.11. The smallest absolute Gasteiger partial charge is 0.326 e. The van der Waals surface area contributed by atoms with E-state index in [1.54, 1.807) is 6.92 Å². The van der Waals surface area contributed by atoms with Crippen molar-refractivity contribution < 1.29 is 19.6 Å². The molecule has 0 saturated carbocycles. The number of rotatable bonds is 6. The number of hydrogen-bond acceptors (Lipinski definition) is 4. The Balaban J connectivity index is 2.35. The minimum absolute atomic E-state index is 0.136. The van der Waals surface area contributed by atoms with Gasteiger partial charge >= 0.3 is 5.97 Å². The average Bonchev–Trinajstić information content (AvgIpc) is 2.94. The molecule has 8 nitrogen and oxygen atoms in total. The molecule has 0 fully saturated rings. The number of nitro benzene ring substituents is 1. The van der Waals surface area contributed by atoms with Crippen LogP contribution in [0.15, 0.2) is 24.4 Å². The number of fused-ring (bicyclic) bond motifs is 1. The van der Waals surface area contributed by atoms with E-state index < -0.39 is 22.8 Å². The summed E-state index contributed by atoms with van der Waals surface area (Å²) >= 11 is 0. The number of aliphatic carboxylic acids is 1. The fraction of sp³-hybridized carbons (Fsp3) is 0.333. The van der Waals surface area contributed by atoms with E-state index in [0.29, 0.717) is 17.3 Å². The Hall–Kier alpha value is -2.90. The van der Waals surface area contributed by atoms with E-state index in [1.807, 2.05) is 6.92 Å². The van der Waals surface area contributed by atoms with Gasteiger partial charge in [0.1, 0.15) is 6.04 Å². The molecule has 0 aliphatic rings. The van der Waals surface area contributed by atoms with Crippen molar-refractivity contribution in [3.63, 3.8) is 0 Å². The van der Waals surface area contributed by atoms with Crippen LogP contribution in [0.5, 0.6) is 0 Å². The first-order chi connectivity index (χ1) is 10.8. The Morgan fingerprint density at radius 2 is 2.13 bits per heavy atom. The van der Waals surface area contributed by atoms with Gasteiger partial charge in [0.15, 0.2) is 0 Å². The second-order valence-electron chi connectivity index (χ2n) is 5.36. The van der Waals surface area contributed by atoms with Crippen LogP contribution in [0, 0.1) is 16.0 Å². The SMILES string of the molecule is CC[C@H](C)[C@H](NC(=O)c1c[nH]c2ccc([N+](=O)[O-])cc12)C(=O)O. The molecule has 8 heteroatoms. The maximum Gasteiger partial charge on any atom is 0.326 e. The summed E-state index contributed by atoms with van der Waals surface area (Å²) in [5.41, 5.74) is 0.609. The molecule has 2 rings (SSSR count). The molecule has 23 heavy (non-hydrogen) atoms. The van der Waals surface area contributed by atoms with Crippen molar-refractivity contribution in [2.45, 2.75) is 26.3 Å². The molecule has 2 aromatic rings. The number of non-ortho nitro benzene ring substituents is 1. The van der Waals surface area contributed by atoms with Gasteiger partial charge in [0.05, 0.1) is 10.5 Å². The number of amides is 1. The molecule has 1 aromatic carbocycles. The summed E-state index contributed by atoms with van der Waals surface area (Å²) < 4.78 is 0. The molecule has 0 radical (unpaired) electrons. The zero-order valence-electron chi connectivity index (χ0n) is 12.7. The first kappa shape index (κ1) is 16.5. The maximum atomic E-state index is 12.4. The number of hydrogen-bond donors (Lipinski definition) is 3. The van der Waals surface area contributed by atoms with Crippen molar-refractivity contribution in [1.82, 2.24) is 10.3 Å². The van der Waals surface area contributed by atoms with Crippen molar-refractivity contribution in [3.05, 3.63) is 40.1 Å². The number of benzene rings is 1. The van der Waals surface area contributed by atoms with Gasteiger partial charge in [-0.05, 0) is 12.0 Å². The molecule has 2 atom stereocenters. The molecule has 1 heterocycles.